The van der Waals surface area contributed by atoms with E-state index in [0.717, 1.165) is 0 Å². The monoisotopic (exact) mass is 254 g/mol. The molecule has 0 saturated heterocycles. The van der Waals surface area contributed by atoms with Gasteiger partial charge in [0.05, 0.1) is 12.7 Å². The molecule has 2 aromatic rings. The van der Waals surface area contributed by atoms with Gasteiger partial charge in [-0.25, -0.2) is 18.7 Å². The van der Waals surface area contributed by atoms with Crippen LogP contribution in [0.15, 0.2) is 29.4 Å². The van der Waals surface area contributed by atoms with E-state index in [1.807, 2.05) is 0 Å². The maximum Gasteiger partial charge on any atom is 0.273 e. The highest BCUT2D eigenvalue weighted by Gasteiger charge is 2.16. The van der Waals surface area contributed by atoms with Crippen LogP contribution < -0.4 is 9.88 Å². The molecular formula is C9H10N4O3S. The lowest BCUT2D eigenvalue weighted by Gasteiger charge is -2.03. The normalized spacial score (nSPS) is 11.4. The molecule has 0 spiro atoms. The molecule has 17 heavy (non-hydrogen) atoms. The zero-order valence-electron chi connectivity index (χ0n) is 8.91. The van der Waals surface area contributed by atoms with Crippen LogP contribution in [-0.4, -0.2) is 30.7 Å². The average Bonchev–Trinajstić information content (AvgIpc) is 2.77. The van der Waals surface area contributed by atoms with Crippen LogP contribution in [0, 0.1) is 0 Å². The SMILES string of the molecule is COc1ccccc1-c1n[nH]c(S(N)(=O)=O)n1. The fourth-order valence-electron chi connectivity index (χ4n) is 1.32. The van der Waals surface area contributed by atoms with Crippen molar-refractivity contribution in [1.29, 1.82) is 0 Å². The Kier molecular flexibility index (Phi) is 2.82. The first-order chi connectivity index (χ1) is 8.02. The standard InChI is InChI=1S/C9H10N4O3S/c1-16-7-5-3-2-4-6(7)8-11-9(13-12-8)17(10,14)15/h2-5H,1H3,(H2,10,14,15)(H,11,12,13). The zero-order chi connectivity index (χ0) is 12.5. The van der Waals surface area contributed by atoms with Crippen molar-refractivity contribution in [2.45, 2.75) is 5.16 Å². The van der Waals surface area contributed by atoms with Gasteiger partial charge in [-0.2, -0.15) is 10.1 Å². The van der Waals surface area contributed by atoms with Crippen molar-refractivity contribution >= 4 is 10.0 Å². The summed E-state index contributed by atoms with van der Waals surface area (Å²) in [4.78, 5) is 3.80. The number of para-hydroxylation sites is 1. The van der Waals surface area contributed by atoms with Gasteiger partial charge in [-0.05, 0) is 12.1 Å². The van der Waals surface area contributed by atoms with Gasteiger partial charge in [-0.15, -0.1) is 0 Å². The Balaban J connectivity index is 2.51. The molecule has 8 heteroatoms. The van der Waals surface area contributed by atoms with Gasteiger partial charge in [-0.1, -0.05) is 12.1 Å². The van der Waals surface area contributed by atoms with Gasteiger partial charge in [0.2, 0.25) is 0 Å². The predicted octanol–water partition coefficient (Wildman–Crippen LogP) is 0.128. The number of H-pyrrole nitrogens is 1. The van der Waals surface area contributed by atoms with Crippen LogP contribution >= 0.6 is 0 Å². The predicted molar refractivity (Wildman–Crippen MR) is 59.7 cm³/mol. The van der Waals surface area contributed by atoms with Gasteiger partial charge < -0.3 is 4.74 Å². The van der Waals surface area contributed by atoms with E-state index in [0.29, 0.717) is 11.3 Å². The van der Waals surface area contributed by atoms with Crippen molar-refractivity contribution in [3.05, 3.63) is 24.3 Å². The Morgan fingerprint density at radius 2 is 2.06 bits per heavy atom. The molecule has 1 aromatic heterocycles. The van der Waals surface area contributed by atoms with E-state index in [4.69, 9.17) is 9.88 Å². The van der Waals surface area contributed by atoms with E-state index in [1.54, 1.807) is 24.3 Å². The van der Waals surface area contributed by atoms with Gasteiger partial charge in [0.1, 0.15) is 5.75 Å². The van der Waals surface area contributed by atoms with Crippen LogP contribution in [-0.2, 0) is 10.0 Å². The van der Waals surface area contributed by atoms with Crippen molar-refractivity contribution in [3.8, 4) is 17.1 Å². The molecule has 0 radical (unpaired) electrons. The number of nitrogens with one attached hydrogen (secondary N) is 1. The van der Waals surface area contributed by atoms with Crippen molar-refractivity contribution in [3.63, 3.8) is 0 Å². The topological polar surface area (TPSA) is 111 Å². The molecule has 0 unspecified atom stereocenters. The lowest BCUT2D eigenvalue weighted by Crippen LogP contribution is -2.13. The third kappa shape index (κ3) is 2.27. The van der Waals surface area contributed by atoms with Crippen LogP contribution in [0.4, 0.5) is 0 Å². The molecular weight excluding hydrogens is 244 g/mol. The van der Waals surface area contributed by atoms with Crippen molar-refractivity contribution in [1.82, 2.24) is 15.2 Å². The molecule has 1 heterocycles. The smallest absolute Gasteiger partial charge is 0.273 e. The van der Waals surface area contributed by atoms with Gasteiger partial charge in [-0.3, -0.25) is 0 Å². The fourth-order valence-corrected chi connectivity index (χ4v) is 1.71. The first-order valence-corrected chi connectivity index (χ1v) is 6.15. The number of hydrogen-bond donors (Lipinski definition) is 2. The summed E-state index contributed by atoms with van der Waals surface area (Å²) < 4.78 is 27.2. The van der Waals surface area contributed by atoms with Crippen LogP contribution in [0.25, 0.3) is 11.4 Å². The number of aromatic amines is 1. The van der Waals surface area contributed by atoms with E-state index in [9.17, 15) is 8.42 Å². The Hall–Kier alpha value is -1.93. The maximum atomic E-state index is 11.0. The summed E-state index contributed by atoms with van der Waals surface area (Å²) in [6.07, 6.45) is 0. The largest absolute Gasteiger partial charge is 0.496 e. The summed E-state index contributed by atoms with van der Waals surface area (Å²) in [5, 5.41) is 10.6. The minimum atomic E-state index is -3.88. The van der Waals surface area contributed by atoms with E-state index in [2.05, 4.69) is 15.2 Å². The molecule has 3 N–H and O–H groups in total. The minimum Gasteiger partial charge on any atom is -0.496 e. The second-order valence-electron chi connectivity index (χ2n) is 3.21. The number of benzene rings is 1. The molecule has 0 aliphatic heterocycles. The fraction of sp³-hybridized carbons (Fsp3) is 0.111. The quantitative estimate of drug-likeness (QED) is 0.808. The molecule has 0 bridgehead atoms. The third-order valence-corrected chi connectivity index (χ3v) is 2.80. The summed E-state index contributed by atoms with van der Waals surface area (Å²) in [6.45, 7) is 0. The number of ether oxygens (including phenoxy) is 1. The van der Waals surface area contributed by atoms with Crippen LogP contribution in [0.1, 0.15) is 0 Å². The number of sulfonamides is 1. The van der Waals surface area contributed by atoms with Gasteiger partial charge >= 0.3 is 0 Å². The summed E-state index contributed by atoms with van der Waals surface area (Å²) >= 11 is 0. The lowest BCUT2D eigenvalue weighted by atomic mass is 10.2. The molecule has 0 amide bonds. The van der Waals surface area contributed by atoms with E-state index < -0.39 is 10.0 Å². The molecule has 2 rings (SSSR count). The van der Waals surface area contributed by atoms with Crippen molar-refractivity contribution in [2.24, 2.45) is 5.14 Å². The van der Waals surface area contributed by atoms with Crippen molar-refractivity contribution < 1.29 is 13.2 Å². The van der Waals surface area contributed by atoms with Gasteiger partial charge in [0.25, 0.3) is 15.2 Å². The number of nitrogens with zero attached hydrogens (tertiary/aromatic N) is 2. The van der Waals surface area contributed by atoms with Crippen LogP contribution in [0.5, 0.6) is 5.75 Å². The lowest BCUT2D eigenvalue weighted by molar-refractivity contribution is 0.416. The number of rotatable bonds is 3. The molecule has 0 fully saturated rings. The summed E-state index contributed by atoms with van der Waals surface area (Å²) in [7, 11) is -2.37. The molecule has 0 atom stereocenters. The minimum absolute atomic E-state index is 0.214. The first-order valence-electron chi connectivity index (χ1n) is 4.61. The van der Waals surface area contributed by atoms with Crippen molar-refractivity contribution in [2.75, 3.05) is 7.11 Å². The average molecular weight is 254 g/mol. The molecule has 0 aliphatic rings. The number of primary sulfonamides is 1. The molecule has 0 aliphatic carbocycles. The third-order valence-electron chi connectivity index (χ3n) is 2.08. The maximum absolute atomic E-state index is 11.0. The van der Waals surface area contributed by atoms with E-state index in [1.165, 1.54) is 7.11 Å². The number of aromatic nitrogens is 3. The highest BCUT2D eigenvalue weighted by atomic mass is 32.2. The molecule has 1 aromatic carbocycles. The summed E-state index contributed by atoms with van der Waals surface area (Å²) in [5.74, 6) is 0.763. The molecule has 90 valence electrons. The van der Waals surface area contributed by atoms with Crippen LogP contribution in [0.3, 0.4) is 0 Å². The van der Waals surface area contributed by atoms with E-state index >= 15 is 0 Å². The van der Waals surface area contributed by atoms with E-state index in [-0.39, 0.29) is 11.0 Å². The molecule has 7 nitrogen and oxygen atoms in total. The Bertz CT molecular complexity index is 635. The number of nitrogens with two attached hydrogens (primary N) is 1. The summed E-state index contributed by atoms with van der Waals surface area (Å²) in [5.41, 5.74) is 0.584. The first kappa shape index (κ1) is 11.6. The second-order valence-corrected chi connectivity index (χ2v) is 4.69. The molecule has 0 saturated carbocycles. The number of hydrogen-bond acceptors (Lipinski definition) is 5. The van der Waals surface area contributed by atoms with Gasteiger partial charge in [0, 0.05) is 0 Å². The van der Waals surface area contributed by atoms with Crippen LogP contribution in [0.2, 0.25) is 0 Å². The van der Waals surface area contributed by atoms with Gasteiger partial charge in [0.15, 0.2) is 5.82 Å². The second kappa shape index (κ2) is 4.15. The summed E-state index contributed by atoms with van der Waals surface area (Å²) in [6, 6.07) is 7.00. The Morgan fingerprint density at radius 3 is 2.65 bits per heavy atom. The Morgan fingerprint density at radius 1 is 1.35 bits per heavy atom. The highest BCUT2D eigenvalue weighted by molar-refractivity contribution is 7.89. The number of methoxy groups -OCH3 is 1. The zero-order valence-corrected chi connectivity index (χ0v) is 9.73. The Labute approximate surface area is 97.7 Å². The highest BCUT2D eigenvalue weighted by Crippen LogP contribution is 2.26.